The molecular weight excluding hydrogens is 381 g/mol. The van der Waals surface area contributed by atoms with Gasteiger partial charge in [0, 0.05) is 30.6 Å². The van der Waals surface area contributed by atoms with E-state index in [4.69, 9.17) is 23.2 Å². The van der Waals surface area contributed by atoms with Crippen LogP contribution in [0.3, 0.4) is 0 Å². The number of pyridine rings is 1. The summed E-state index contributed by atoms with van der Waals surface area (Å²) in [6.45, 7) is 3.66. The summed E-state index contributed by atoms with van der Waals surface area (Å²) in [5.74, 6) is 0.748. The summed E-state index contributed by atoms with van der Waals surface area (Å²) >= 11 is 12.0. The highest BCUT2D eigenvalue weighted by molar-refractivity contribution is 6.42. The largest absolute Gasteiger partial charge is 0.371 e. The standard InChI is InChI=1S/C21H23Cl2N3O/c1-2-15(25-13-14-7-8-17(22)18(23)11-14)9-10-24-21-12-20(27)16-5-3-4-6-19(16)26-21/h3-8,11-12,15,25H,2,9-10,13H2,1H3,(H2,24,26,27)/t15-/m1/s1. The van der Waals surface area contributed by atoms with Crippen LogP contribution in [0.5, 0.6) is 0 Å². The van der Waals surface area contributed by atoms with Crippen molar-refractivity contribution in [1.29, 1.82) is 0 Å². The van der Waals surface area contributed by atoms with Crippen molar-refractivity contribution in [3.05, 3.63) is 74.4 Å². The first-order chi connectivity index (χ1) is 13.1. The fraction of sp³-hybridized carbons (Fsp3) is 0.286. The summed E-state index contributed by atoms with van der Waals surface area (Å²) in [7, 11) is 0. The number of anilines is 1. The third-order valence-corrected chi connectivity index (χ3v) is 5.36. The predicted molar refractivity (Wildman–Crippen MR) is 115 cm³/mol. The lowest BCUT2D eigenvalue weighted by atomic mass is 10.1. The highest BCUT2D eigenvalue weighted by Gasteiger charge is 2.07. The van der Waals surface area contributed by atoms with Crippen LogP contribution >= 0.6 is 23.2 Å². The molecule has 4 nitrogen and oxygen atoms in total. The molecule has 3 aromatic rings. The van der Waals surface area contributed by atoms with Crippen molar-refractivity contribution < 1.29 is 0 Å². The van der Waals surface area contributed by atoms with E-state index in [2.05, 4.69) is 22.5 Å². The van der Waals surface area contributed by atoms with Gasteiger partial charge in [0.1, 0.15) is 5.82 Å². The zero-order valence-electron chi connectivity index (χ0n) is 15.2. The topological polar surface area (TPSA) is 56.9 Å². The molecule has 0 aliphatic rings. The van der Waals surface area contributed by atoms with E-state index in [0.29, 0.717) is 21.5 Å². The van der Waals surface area contributed by atoms with Crippen LogP contribution in [-0.4, -0.2) is 17.6 Å². The second kappa shape index (κ2) is 9.27. The van der Waals surface area contributed by atoms with E-state index in [9.17, 15) is 4.79 Å². The number of aromatic amines is 1. The molecule has 0 saturated heterocycles. The third-order valence-electron chi connectivity index (χ3n) is 4.62. The summed E-state index contributed by atoms with van der Waals surface area (Å²) in [6.07, 6.45) is 1.95. The first-order valence-electron chi connectivity index (χ1n) is 9.10. The predicted octanol–water partition coefficient (Wildman–Crippen LogP) is 5.21. The quantitative estimate of drug-likeness (QED) is 0.483. The molecule has 142 valence electrons. The van der Waals surface area contributed by atoms with E-state index in [0.717, 1.165) is 42.8 Å². The Morgan fingerprint density at radius 3 is 2.67 bits per heavy atom. The lowest BCUT2D eigenvalue weighted by molar-refractivity contribution is 0.477. The molecule has 0 spiro atoms. The minimum absolute atomic E-state index is 0.0247. The molecule has 0 aliphatic heterocycles. The number of hydrogen-bond donors (Lipinski definition) is 3. The second-order valence-corrected chi connectivity index (χ2v) is 7.36. The Morgan fingerprint density at radius 2 is 1.89 bits per heavy atom. The zero-order chi connectivity index (χ0) is 19.2. The lowest BCUT2D eigenvalue weighted by Gasteiger charge is -2.18. The van der Waals surface area contributed by atoms with Gasteiger partial charge in [-0.2, -0.15) is 0 Å². The fourth-order valence-electron chi connectivity index (χ4n) is 3.04. The maximum atomic E-state index is 12.2. The van der Waals surface area contributed by atoms with Gasteiger partial charge >= 0.3 is 0 Å². The Hall–Kier alpha value is -2.01. The number of para-hydroxylation sites is 1. The highest BCUT2D eigenvalue weighted by Crippen LogP contribution is 2.22. The summed E-state index contributed by atoms with van der Waals surface area (Å²) in [6, 6.07) is 15.2. The van der Waals surface area contributed by atoms with E-state index in [1.165, 1.54) is 0 Å². The van der Waals surface area contributed by atoms with Gasteiger partial charge in [0.15, 0.2) is 5.43 Å². The Morgan fingerprint density at radius 1 is 1.07 bits per heavy atom. The lowest BCUT2D eigenvalue weighted by Crippen LogP contribution is -2.30. The number of aromatic nitrogens is 1. The van der Waals surface area contributed by atoms with Crippen molar-refractivity contribution in [3.63, 3.8) is 0 Å². The van der Waals surface area contributed by atoms with Crippen LogP contribution in [0.25, 0.3) is 10.9 Å². The number of halogens is 2. The number of H-pyrrole nitrogens is 1. The first kappa shape index (κ1) is 19.7. The molecule has 0 saturated carbocycles. The van der Waals surface area contributed by atoms with Crippen LogP contribution < -0.4 is 16.1 Å². The van der Waals surface area contributed by atoms with Crippen LogP contribution in [0.1, 0.15) is 25.3 Å². The van der Waals surface area contributed by atoms with Crippen molar-refractivity contribution in [2.24, 2.45) is 0 Å². The van der Waals surface area contributed by atoms with Crippen LogP contribution in [0.2, 0.25) is 10.0 Å². The van der Waals surface area contributed by atoms with E-state index < -0.39 is 0 Å². The molecule has 0 fully saturated rings. The second-order valence-electron chi connectivity index (χ2n) is 6.54. The smallest absolute Gasteiger partial charge is 0.191 e. The molecule has 27 heavy (non-hydrogen) atoms. The van der Waals surface area contributed by atoms with Gasteiger partial charge in [0.05, 0.1) is 15.6 Å². The van der Waals surface area contributed by atoms with E-state index in [1.54, 1.807) is 6.07 Å². The van der Waals surface area contributed by atoms with Crippen molar-refractivity contribution >= 4 is 39.9 Å². The molecule has 1 aromatic heterocycles. The minimum atomic E-state index is 0.0247. The van der Waals surface area contributed by atoms with Gasteiger partial charge < -0.3 is 15.6 Å². The van der Waals surface area contributed by atoms with Crippen LogP contribution in [-0.2, 0) is 6.54 Å². The summed E-state index contributed by atoms with van der Waals surface area (Å²) in [5.41, 5.74) is 1.98. The van der Waals surface area contributed by atoms with Crippen molar-refractivity contribution in [3.8, 4) is 0 Å². The zero-order valence-corrected chi connectivity index (χ0v) is 16.7. The SMILES string of the molecule is CC[C@H](CCNc1cc(=O)c2ccccc2[nH]1)NCc1ccc(Cl)c(Cl)c1. The third kappa shape index (κ3) is 5.25. The highest BCUT2D eigenvalue weighted by atomic mass is 35.5. The fourth-order valence-corrected chi connectivity index (χ4v) is 3.36. The average Bonchev–Trinajstić information content (AvgIpc) is 2.67. The van der Waals surface area contributed by atoms with E-state index in [-0.39, 0.29) is 5.43 Å². The Labute approximate surface area is 168 Å². The average molecular weight is 404 g/mol. The Kier molecular flexibility index (Phi) is 6.78. The normalized spacial score (nSPS) is 12.3. The molecule has 0 amide bonds. The van der Waals surface area contributed by atoms with Gasteiger partial charge in [0.2, 0.25) is 0 Å². The molecule has 2 aromatic carbocycles. The van der Waals surface area contributed by atoms with Gasteiger partial charge in [-0.05, 0) is 42.7 Å². The molecule has 3 rings (SSSR count). The van der Waals surface area contributed by atoms with Crippen molar-refractivity contribution in [2.75, 3.05) is 11.9 Å². The number of hydrogen-bond acceptors (Lipinski definition) is 3. The summed E-state index contributed by atoms with van der Waals surface area (Å²) in [4.78, 5) is 15.4. The minimum Gasteiger partial charge on any atom is -0.371 e. The maximum Gasteiger partial charge on any atom is 0.191 e. The van der Waals surface area contributed by atoms with Crippen LogP contribution in [0.4, 0.5) is 5.82 Å². The van der Waals surface area contributed by atoms with Gasteiger partial charge in [-0.15, -0.1) is 0 Å². The monoisotopic (exact) mass is 403 g/mol. The van der Waals surface area contributed by atoms with Crippen molar-refractivity contribution in [2.45, 2.75) is 32.4 Å². The summed E-state index contributed by atoms with van der Waals surface area (Å²) in [5, 5.41) is 8.72. The molecule has 0 bridgehead atoms. The van der Waals surface area contributed by atoms with Crippen LogP contribution in [0.15, 0.2) is 53.3 Å². The number of fused-ring (bicyclic) bond motifs is 1. The van der Waals surface area contributed by atoms with Crippen LogP contribution in [0, 0.1) is 0 Å². The molecule has 0 radical (unpaired) electrons. The first-order valence-corrected chi connectivity index (χ1v) is 9.85. The molecular formula is C21H23Cl2N3O. The number of rotatable bonds is 8. The van der Waals surface area contributed by atoms with Gasteiger partial charge in [0.25, 0.3) is 0 Å². The number of nitrogens with one attached hydrogen (secondary N) is 3. The molecule has 0 unspecified atom stereocenters. The number of benzene rings is 2. The van der Waals surface area contributed by atoms with Crippen molar-refractivity contribution in [1.82, 2.24) is 10.3 Å². The molecule has 1 heterocycles. The Bertz CT molecular complexity index is 971. The molecule has 0 aliphatic carbocycles. The van der Waals surface area contributed by atoms with E-state index >= 15 is 0 Å². The van der Waals surface area contributed by atoms with E-state index in [1.807, 2.05) is 42.5 Å². The summed E-state index contributed by atoms with van der Waals surface area (Å²) < 4.78 is 0. The van der Waals surface area contributed by atoms with Gasteiger partial charge in [-0.25, -0.2) is 0 Å². The van der Waals surface area contributed by atoms with Gasteiger partial charge in [-0.3, -0.25) is 4.79 Å². The van der Waals surface area contributed by atoms with Gasteiger partial charge in [-0.1, -0.05) is 48.3 Å². The molecule has 6 heteroatoms. The molecule has 3 N–H and O–H groups in total. The molecule has 1 atom stereocenters. The Balaban J connectivity index is 1.53. The maximum absolute atomic E-state index is 12.2.